The van der Waals surface area contributed by atoms with Gasteiger partial charge >= 0.3 is 0 Å². The smallest absolute Gasteiger partial charge is 0.164 e. The van der Waals surface area contributed by atoms with E-state index in [0.717, 1.165) is 31.0 Å². The minimum Gasteiger partial charge on any atom is -0.377 e. The minimum atomic E-state index is 0.208. The van der Waals surface area contributed by atoms with Gasteiger partial charge in [0.05, 0.1) is 13.2 Å². The van der Waals surface area contributed by atoms with E-state index in [4.69, 9.17) is 4.74 Å². The number of morpholine rings is 1. The highest BCUT2D eigenvalue weighted by molar-refractivity contribution is 6.01. The molecule has 1 aliphatic heterocycles. The number of ketones is 1. The molecule has 1 unspecified atom stereocenters. The fourth-order valence-corrected chi connectivity index (χ4v) is 2.24. The summed E-state index contributed by atoms with van der Waals surface area (Å²) < 4.78 is 5.43. The van der Waals surface area contributed by atoms with Gasteiger partial charge in [-0.15, -0.1) is 0 Å². The van der Waals surface area contributed by atoms with E-state index in [0.29, 0.717) is 12.5 Å². The number of Topliss-reactive ketones (excluding diaryl/α,β-unsaturated/α-hetero) is 1. The average molecular weight is 233 g/mol. The van der Waals surface area contributed by atoms with Crippen LogP contribution in [-0.2, 0) is 4.74 Å². The number of nitrogens with zero attached hydrogens (tertiary/aromatic N) is 1. The zero-order chi connectivity index (χ0) is 12.3. The Labute approximate surface area is 102 Å². The highest BCUT2D eigenvalue weighted by Gasteiger charge is 2.22. The first kappa shape index (κ1) is 12.1. The zero-order valence-corrected chi connectivity index (χ0v) is 10.5. The van der Waals surface area contributed by atoms with Crippen molar-refractivity contribution in [1.82, 2.24) is 0 Å². The molecule has 0 radical (unpaired) electrons. The molecule has 92 valence electrons. The Bertz CT molecular complexity index is 403. The zero-order valence-electron chi connectivity index (χ0n) is 10.5. The lowest BCUT2D eigenvalue weighted by molar-refractivity contribution is 0.0964. The number of anilines is 1. The second kappa shape index (κ2) is 5.32. The van der Waals surface area contributed by atoms with Crippen molar-refractivity contribution in [2.75, 3.05) is 24.7 Å². The topological polar surface area (TPSA) is 29.5 Å². The molecule has 0 amide bonds. The highest BCUT2D eigenvalue weighted by atomic mass is 16.5. The van der Waals surface area contributed by atoms with Gasteiger partial charge in [-0.2, -0.15) is 0 Å². The summed E-state index contributed by atoms with van der Waals surface area (Å²) in [7, 11) is 0. The van der Waals surface area contributed by atoms with Crippen LogP contribution in [0.4, 0.5) is 5.69 Å². The van der Waals surface area contributed by atoms with E-state index in [2.05, 4.69) is 11.8 Å². The van der Waals surface area contributed by atoms with E-state index < -0.39 is 0 Å². The molecule has 17 heavy (non-hydrogen) atoms. The van der Waals surface area contributed by atoms with Crippen LogP contribution in [0, 0.1) is 0 Å². The molecular weight excluding hydrogens is 214 g/mol. The van der Waals surface area contributed by atoms with Gasteiger partial charge in [0.25, 0.3) is 0 Å². The molecule has 1 aromatic rings. The van der Waals surface area contributed by atoms with Crippen LogP contribution >= 0.6 is 0 Å². The van der Waals surface area contributed by atoms with Gasteiger partial charge in [0.2, 0.25) is 0 Å². The van der Waals surface area contributed by atoms with Crippen LogP contribution in [0.1, 0.15) is 30.6 Å². The summed E-state index contributed by atoms with van der Waals surface area (Å²) in [5.41, 5.74) is 1.89. The average Bonchev–Trinajstić information content (AvgIpc) is 2.38. The van der Waals surface area contributed by atoms with Crippen molar-refractivity contribution in [3.05, 3.63) is 29.8 Å². The van der Waals surface area contributed by atoms with Crippen LogP contribution in [0.3, 0.4) is 0 Å². The highest BCUT2D eigenvalue weighted by Crippen LogP contribution is 2.25. The first-order valence-electron chi connectivity index (χ1n) is 6.20. The number of benzene rings is 1. The van der Waals surface area contributed by atoms with E-state index >= 15 is 0 Å². The third-order valence-electron chi connectivity index (χ3n) is 3.20. The number of carbonyl (C=O) groups is 1. The van der Waals surface area contributed by atoms with Crippen LogP contribution in [0.15, 0.2) is 24.3 Å². The van der Waals surface area contributed by atoms with Crippen LogP contribution in [0.2, 0.25) is 0 Å². The van der Waals surface area contributed by atoms with E-state index in [-0.39, 0.29) is 5.78 Å². The molecular formula is C14H19NO2. The Kier molecular flexibility index (Phi) is 3.79. The summed E-state index contributed by atoms with van der Waals surface area (Å²) >= 11 is 0. The summed E-state index contributed by atoms with van der Waals surface area (Å²) in [6.07, 6.45) is 0.551. The van der Waals surface area contributed by atoms with Crippen molar-refractivity contribution in [2.45, 2.75) is 26.3 Å². The molecule has 1 aliphatic rings. The van der Waals surface area contributed by atoms with E-state index in [9.17, 15) is 4.79 Å². The van der Waals surface area contributed by atoms with Gasteiger partial charge in [-0.05, 0) is 19.1 Å². The first-order valence-corrected chi connectivity index (χ1v) is 6.20. The molecule has 3 nitrogen and oxygen atoms in total. The van der Waals surface area contributed by atoms with Crippen molar-refractivity contribution in [3.8, 4) is 0 Å². The normalized spacial score (nSPS) is 20.4. The predicted octanol–water partition coefficient (Wildman–Crippen LogP) is 2.50. The maximum Gasteiger partial charge on any atom is 0.164 e. The first-order chi connectivity index (χ1) is 8.24. The van der Waals surface area contributed by atoms with Crippen molar-refractivity contribution in [3.63, 3.8) is 0 Å². The van der Waals surface area contributed by atoms with Crippen LogP contribution in [-0.4, -0.2) is 31.6 Å². The third-order valence-corrected chi connectivity index (χ3v) is 3.20. The van der Waals surface area contributed by atoms with Crippen molar-refractivity contribution in [1.29, 1.82) is 0 Å². The maximum atomic E-state index is 11.9. The van der Waals surface area contributed by atoms with Crippen molar-refractivity contribution in [2.24, 2.45) is 0 Å². The number of hydrogen-bond donors (Lipinski definition) is 0. The van der Waals surface area contributed by atoms with E-state index in [1.54, 1.807) is 0 Å². The fraction of sp³-hybridized carbons (Fsp3) is 0.500. The molecule has 1 heterocycles. The summed E-state index contributed by atoms with van der Waals surface area (Å²) in [5.74, 6) is 0.208. The lowest BCUT2D eigenvalue weighted by atomic mass is 10.0. The summed E-state index contributed by atoms with van der Waals surface area (Å²) in [5, 5.41) is 0. The van der Waals surface area contributed by atoms with Crippen LogP contribution < -0.4 is 4.90 Å². The third kappa shape index (κ3) is 2.50. The molecule has 1 atom stereocenters. The Morgan fingerprint density at radius 1 is 1.47 bits per heavy atom. The van der Waals surface area contributed by atoms with E-state index in [1.807, 2.05) is 31.2 Å². The van der Waals surface area contributed by atoms with Crippen molar-refractivity contribution < 1.29 is 9.53 Å². The van der Waals surface area contributed by atoms with Gasteiger partial charge in [-0.1, -0.05) is 19.1 Å². The molecule has 0 aromatic heterocycles. The van der Waals surface area contributed by atoms with Gasteiger partial charge in [0.15, 0.2) is 5.78 Å². The van der Waals surface area contributed by atoms with Gasteiger partial charge < -0.3 is 9.64 Å². The number of para-hydroxylation sites is 1. The molecule has 0 aliphatic carbocycles. The Balaban J connectivity index is 2.33. The van der Waals surface area contributed by atoms with Gasteiger partial charge in [0.1, 0.15) is 0 Å². The largest absolute Gasteiger partial charge is 0.377 e. The summed E-state index contributed by atoms with van der Waals surface area (Å²) in [6.45, 7) is 6.36. The minimum absolute atomic E-state index is 0.208. The number of ether oxygens (including phenoxy) is 1. The number of carbonyl (C=O) groups excluding carboxylic acids is 1. The molecule has 2 rings (SSSR count). The van der Waals surface area contributed by atoms with Gasteiger partial charge in [-0.3, -0.25) is 4.79 Å². The van der Waals surface area contributed by atoms with Gasteiger partial charge in [0, 0.05) is 30.3 Å². The lowest BCUT2D eigenvalue weighted by Gasteiger charge is -2.36. The summed E-state index contributed by atoms with van der Waals surface area (Å²) in [4.78, 5) is 14.2. The Hall–Kier alpha value is -1.35. The second-order valence-corrected chi connectivity index (χ2v) is 4.41. The van der Waals surface area contributed by atoms with Crippen LogP contribution in [0.25, 0.3) is 0 Å². The molecule has 1 saturated heterocycles. The van der Waals surface area contributed by atoms with Gasteiger partial charge in [-0.25, -0.2) is 0 Å². The molecule has 0 saturated carbocycles. The Morgan fingerprint density at radius 2 is 2.24 bits per heavy atom. The maximum absolute atomic E-state index is 11.9. The molecule has 1 fully saturated rings. The van der Waals surface area contributed by atoms with Crippen molar-refractivity contribution >= 4 is 11.5 Å². The predicted molar refractivity (Wildman–Crippen MR) is 68.7 cm³/mol. The summed E-state index contributed by atoms with van der Waals surface area (Å²) in [6, 6.07) is 8.20. The monoisotopic (exact) mass is 233 g/mol. The Morgan fingerprint density at radius 3 is 2.94 bits per heavy atom. The SMILES string of the molecule is CCC(=O)c1ccccc1N1CCOCC1C. The van der Waals surface area contributed by atoms with Crippen LogP contribution in [0.5, 0.6) is 0 Å². The quantitative estimate of drug-likeness (QED) is 0.751. The fourth-order valence-electron chi connectivity index (χ4n) is 2.24. The number of hydrogen-bond acceptors (Lipinski definition) is 3. The molecule has 3 heteroatoms. The number of rotatable bonds is 3. The van der Waals surface area contributed by atoms with E-state index in [1.165, 1.54) is 0 Å². The molecule has 1 aromatic carbocycles. The lowest BCUT2D eigenvalue weighted by Crippen LogP contribution is -2.44. The second-order valence-electron chi connectivity index (χ2n) is 4.41. The standard InChI is InChI=1S/C14H19NO2/c1-3-14(16)12-6-4-5-7-13(12)15-8-9-17-10-11(15)2/h4-7,11H,3,8-10H2,1-2H3. The molecule has 0 bridgehead atoms. The molecule has 0 N–H and O–H groups in total. The molecule has 0 spiro atoms.